The van der Waals surface area contributed by atoms with Gasteiger partial charge in [0.25, 0.3) is 0 Å². The van der Waals surface area contributed by atoms with Gasteiger partial charge in [-0.05, 0) is 44.4 Å². The topological polar surface area (TPSA) is 77.0 Å². The number of rotatable bonds is 3. The summed E-state index contributed by atoms with van der Waals surface area (Å²) < 4.78 is 54.4. The lowest BCUT2D eigenvalue weighted by Gasteiger charge is -2.26. The third kappa shape index (κ3) is 3.22. The Morgan fingerprint density at radius 3 is 2.45 bits per heavy atom. The van der Waals surface area contributed by atoms with Crippen LogP contribution in [0.2, 0.25) is 0 Å². The molecule has 0 N–H and O–H groups in total. The fourth-order valence-corrected chi connectivity index (χ4v) is 3.84. The third-order valence-electron chi connectivity index (χ3n) is 5.71. The second kappa shape index (κ2) is 6.40. The van der Waals surface area contributed by atoms with E-state index in [0.717, 1.165) is 6.07 Å². The van der Waals surface area contributed by atoms with Crippen molar-refractivity contribution in [3.05, 3.63) is 35.2 Å². The van der Waals surface area contributed by atoms with Crippen LogP contribution in [0.25, 0.3) is 11.0 Å². The van der Waals surface area contributed by atoms with Crippen molar-refractivity contribution in [2.75, 3.05) is 0 Å². The second-order valence-electron chi connectivity index (χ2n) is 7.69. The van der Waals surface area contributed by atoms with Gasteiger partial charge in [0.05, 0.1) is 11.3 Å². The minimum atomic E-state index is -5.02. The van der Waals surface area contributed by atoms with Crippen LogP contribution < -0.4 is 0 Å². The first-order chi connectivity index (χ1) is 13.5. The van der Waals surface area contributed by atoms with Gasteiger partial charge in [-0.25, -0.2) is 14.4 Å². The highest BCUT2D eigenvalue weighted by Gasteiger charge is 2.58. The van der Waals surface area contributed by atoms with Gasteiger partial charge in [0.1, 0.15) is 12.1 Å². The average molecular weight is 408 g/mol. The van der Waals surface area contributed by atoms with Crippen LogP contribution in [0.5, 0.6) is 0 Å². The Bertz CT molecular complexity index is 1060. The molecule has 4 rings (SSSR count). The van der Waals surface area contributed by atoms with Crippen molar-refractivity contribution in [1.29, 1.82) is 0 Å². The summed E-state index contributed by atoms with van der Waals surface area (Å²) in [6.45, 7) is 1.19. The number of hydrogen-bond donors (Lipinski definition) is 0. The van der Waals surface area contributed by atoms with Crippen molar-refractivity contribution in [3.8, 4) is 0 Å². The van der Waals surface area contributed by atoms with E-state index < -0.39 is 52.3 Å². The van der Waals surface area contributed by atoms with E-state index in [2.05, 4.69) is 9.97 Å². The first kappa shape index (κ1) is 19.6. The van der Waals surface area contributed by atoms with Crippen LogP contribution in [0.1, 0.15) is 60.5 Å². The molecule has 1 spiro atoms. The van der Waals surface area contributed by atoms with Crippen LogP contribution in [0.3, 0.4) is 0 Å². The number of carbonyl (C=O) groups excluding carboxylic acids is 3. The number of carbonyl (C=O) groups is 3. The Hall–Kier alpha value is -2.71. The van der Waals surface area contributed by atoms with Crippen molar-refractivity contribution in [2.24, 2.45) is 11.3 Å². The van der Waals surface area contributed by atoms with E-state index in [0.29, 0.717) is 19.3 Å². The highest BCUT2D eigenvalue weighted by atomic mass is 19.4. The quantitative estimate of drug-likeness (QED) is 0.432. The van der Waals surface area contributed by atoms with Gasteiger partial charge in [-0.15, -0.1) is 0 Å². The number of aromatic nitrogens is 2. The molecule has 5 nitrogen and oxygen atoms in total. The molecule has 2 atom stereocenters. The zero-order valence-electron chi connectivity index (χ0n) is 15.3. The largest absolute Gasteiger partial charge is 0.434 e. The summed E-state index contributed by atoms with van der Waals surface area (Å²) in [5, 5.41) is 0.0857. The molecule has 2 aliphatic carbocycles. The molecular weight excluding hydrogens is 392 g/mol. The third-order valence-corrected chi connectivity index (χ3v) is 5.71. The standard InChI is InChI=1S/C20H16F4N2O3/c1-9(21)12-3-2-10-8-11(16(20(22,23)24)26-18(10)25-12)15(28)14-13(27)4-5-19(6-7-19)17(14)29/h2-3,8-9,14H,4-7H2,1H3. The number of ketones is 3. The molecule has 152 valence electrons. The zero-order valence-corrected chi connectivity index (χ0v) is 15.3. The van der Waals surface area contributed by atoms with Crippen molar-refractivity contribution in [2.45, 2.75) is 45.0 Å². The number of nitrogens with zero attached hydrogens (tertiary/aromatic N) is 2. The minimum Gasteiger partial charge on any atom is -0.298 e. The number of pyridine rings is 2. The summed E-state index contributed by atoms with van der Waals surface area (Å²) in [5.74, 6) is -4.17. The van der Waals surface area contributed by atoms with E-state index in [4.69, 9.17) is 0 Å². The molecule has 0 amide bonds. The molecule has 2 aliphatic rings. The molecule has 9 heteroatoms. The molecule has 0 bridgehead atoms. The van der Waals surface area contributed by atoms with Gasteiger partial charge in [0.15, 0.2) is 28.7 Å². The Labute approximate surface area is 162 Å². The summed E-state index contributed by atoms with van der Waals surface area (Å²) in [6, 6.07) is 3.53. The van der Waals surface area contributed by atoms with Gasteiger partial charge in [-0.3, -0.25) is 14.4 Å². The summed E-state index contributed by atoms with van der Waals surface area (Å²) in [7, 11) is 0. The second-order valence-corrected chi connectivity index (χ2v) is 7.69. The maximum atomic E-state index is 13.6. The molecule has 2 unspecified atom stereocenters. The van der Waals surface area contributed by atoms with Crippen molar-refractivity contribution < 1.29 is 31.9 Å². The minimum absolute atomic E-state index is 0.0101. The normalized spacial score (nSPS) is 22.2. The highest BCUT2D eigenvalue weighted by molar-refractivity contribution is 6.27. The van der Waals surface area contributed by atoms with Crippen LogP contribution in [0.4, 0.5) is 17.6 Å². The SMILES string of the molecule is CC(F)c1ccc2cc(C(=O)C3C(=O)CCC4(CC4)C3=O)c(C(F)(F)F)nc2n1. The lowest BCUT2D eigenvalue weighted by Crippen LogP contribution is -2.42. The Morgan fingerprint density at radius 1 is 1.17 bits per heavy atom. The molecule has 0 radical (unpaired) electrons. The van der Waals surface area contributed by atoms with Crippen LogP contribution in [0, 0.1) is 11.3 Å². The number of Topliss-reactive ketones (excluding diaryl/α,β-unsaturated/α-hetero) is 3. The van der Waals surface area contributed by atoms with E-state index in [9.17, 15) is 31.9 Å². The van der Waals surface area contributed by atoms with Gasteiger partial charge in [0, 0.05) is 17.2 Å². The van der Waals surface area contributed by atoms with Crippen LogP contribution in [-0.2, 0) is 15.8 Å². The highest BCUT2D eigenvalue weighted by Crippen LogP contribution is 2.55. The molecule has 2 aromatic heterocycles. The summed E-state index contributed by atoms with van der Waals surface area (Å²) in [6.07, 6.45) is -5.12. The fraction of sp³-hybridized carbons (Fsp3) is 0.450. The first-order valence-corrected chi connectivity index (χ1v) is 9.18. The average Bonchev–Trinajstić information content (AvgIpc) is 3.44. The summed E-state index contributed by atoms with van der Waals surface area (Å²) >= 11 is 0. The molecular formula is C20H16F4N2O3. The van der Waals surface area contributed by atoms with Crippen molar-refractivity contribution >= 4 is 28.4 Å². The number of halogens is 4. The van der Waals surface area contributed by atoms with Gasteiger partial charge in [-0.1, -0.05) is 0 Å². The maximum absolute atomic E-state index is 13.6. The van der Waals surface area contributed by atoms with E-state index in [1.807, 2.05) is 0 Å². The molecule has 2 fully saturated rings. The number of fused-ring (bicyclic) bond motifs is 1. The van der Waals surface area contributed by atoms with E-state index in [1.54, 1.807) is 0 Å². The zero-order chi connectivity index (χ0) is 21.1. The van der Waals surface area contributed by atoms with Gasteiger partial charge < -0.3 is 0 Å². The molecule has 2 heterocycles. The predicted molar refractivity (Wildman–Crippen MR) is 92.8 cm³/mol. The van der Waals surface area contributed by atoms with Crippen molar-refractivity contribution in [3.63, 3.8) is 0 Å². The molecule has 2 saturated carbocycles. The van der Waals surface area contributed by atoms with Crippen molar-refractivity contribution in [1.82, 2.24) is 9.97 Å². The van der Waals surface area contributed by atoms with Gasteiger partial charge in [-0.2, -0.15) is 13.2 Å². The fourth-order valence-electron chi connectivity index (χ4n) is 3.84. The monoisotopic (exact) mass is 408 g/mol. The molecule has 0 aliphatic heterocycles. The van der Waals surface area contributed by atoms with E-state index in [1.165, 1.54) is 19.1 Å². The Balaban J connectivity index is 1.85. The molecule has 0 aromatic carbocycles. The molecule has 2 aromatic rings. The Kier molecular flexibility index (Phi) is 4.32. The summed E-state index contributed by atoms with van der Waals surface area (Å²) in [4.78, 5) is 45.2. The number of alkyl halides is 4. The van der Waals surface area contributed by atoms with Gasteiger partial charge >= 0.3 is 6.18 Å². The predicted octanol–water partition coefficient (Wildman–Crippen LogP) is 4.19. The Morgan fingerprint density at radius 2 is 1.86 bits per heavy atom. The summed E-state index contributed by atoms with van der Waals surface area (Å²) in [5.41, 5.74) is -3.56. The van der Waals surface area contributed by atoms with Crippen LogP contribution in [0.15, 0.2) is 18.2 Å². The van der Waals surface area contributed by atoms with Gasteiger partial charge in [0.2, 0.25) is 0 Å². The maximum Gasteiger partial charge on any atom is 0.434 e. The van der Waals surface area contributed by atoms with Crippen LogP contribution >= 0.6 is 0 Å². The smallest absolute Gasteiger partial charge is 0.298 e. The van der Waals surface area contributed by atoms with Crippen LogP contribution in [-0.4, -0.2) is 27.3 Å². The first-order valence-electron chi connectivity index (χ1n) is 9.18. The molecule has 0 saturated heterocycles. The lowest BCUT2D eigenvalue weighted by atomic mass is 9.73. The number of hydrogen-bond acceptors (Lipinski definition) is 5. The van der Waals surface area contributed by atoms with E-state index in [-0.39, 0.29) is 23.1 Å². The molecule has 29 heavy (non-hydrogen) atoms. The lowest BCUT2D eigenvalue weighted by molar-refractivity contribution is -0.142. The van der Waals surface area contributed by atoms with E-state index >= 15 is 0 Å².